The van der Waals surface area contributed by atoms with E-state index < -0.39 is 11.6 Å². The number of anilines is 1. The number of esters is 1. The first-order valence-corrected chi connectivity index (χ1v) is 5.73. The smallest absolute Gasteiger partial charge is 0.310 e. The molecule has 0 bridgehead atoms. The summed E-state index contributed by atoms with van der Waals surface area (Å²) < 4.78 is 30.6. The van der Waals surface area contributed by atoms with Crippen molar-refractivity contribution in [2.45, 2.75) is 13.3 Å². The van der Waals surface area contributed by atoms with Crippen LogP contribution >= 0.6 is 0 Å². The van der Waals surface area contributed by atoms with Gasteiger partial charge in [0.1, 0.15) is 0 Å². The Hall–Kier alpha value is -1.65. The molecular formula is C13H17F2NO2. The average Bonchev–Trinajstić information content (AvgIpc) is 2.37. The van der Waals surface area contributed by atoms with Crippen LogP contribution in [0.1, 0.15) is 13.3 Å². The number of carbonyl (C=O) groups excluding carboxylic acids is 1. The van der Waals surface area contributed by atoms with Gasteiger partial charge in [-0.3, -0.25) is 4.79 Å². The van der Waals surface area contributed by atoms with E-state index in [9.17, 15) is 13.6 Å². The highest BCUT2D eigenvalue weighted by Gasteiger charge is 2.19. The average molecular weight is 257 g/mol. The molecule has 1 aromatic carbocycles. The van der Waals surface area contributed by atoms with Crippen LogP contribution in [0.5, 0.6) is 0 Å². The lowest BCUT2D eigenvalue weighted by molar-refractivity contribution is -0.145. The molecule has 18 heavy (non-hydrogen) atoms. The number of benzene rings is 1. The van der Waals surface area contributed by atoms with Gasteiger partial charge in [-0.15, -0.1) is 0 Å². The van der Waals surface area contributed by atoms with Crippen LogP contribution in [0.4, 0.5) is 14.5 Å². The molecule has 0 saturated heterocycles. The number of hydrogen-bond acceptors (Lipinski definition) is 3. The Morgan fingerprint density at radius 2 is 2.06 bits per heavy atom. The fraction of sp³-hybridized carbons (Fsp3) is 0.462. The Morgan fingerprint density at radius 3 is 2.56 bits per heavy atom. The first-order valence-electron chi connectivity index (χ1n) is 5.73. The quantitative estimate of drug-likeness (QED) is 0.759. The van der Waals surface area contributed by atoms with Crippen LogP contribution in [-0.4, -0.2) is 26.7 Å². The molecule has 0 aliphatic heterocycles. The predicted octanol–water partition coefficient (Wildman–Crippen LogP) is 2.60. The summed E-state index contributed by atoms with van der Waals surface area (Å²) in [5.41, 5.74) is 0.524. The molecule has 1 rings (SSSR count). The van der Waals surface area contributed by atoms with Gasteiger partial charge in [-0.25, -0.2) is 8.78 Å². The normalized spacial score (nSPS) is 12.1. The third-order valence-corrected chi connectivity index (χ3v) is 2.87. The van der Waals surface area contributed by atoms with Gasteiger partial charge in [0.15, 0.2) is 11.6 Å². The number of rotatable bonds is 5. The van der Waals surface area contributed by atoms with Crippen LogP contribution in [0.15, 0.2) is 18.2 Å². The predicted molar refractivity (Wildman–Crippen MR) is 65.4 cm³/mol. The Bertz CT molecular complexity index is 423. The van der Waals surface area contributed by atoms with E-state index in [1.54, 1.807) is 11.9 Å². The summed E-state index contributed by atoms with van der Waals surface area (Å²) in [4.78, 5) is 13.1. The van der Waals surface area contributed by atoms with E-state index in [1.165, 1.54) is 13.2 Å². The summed E-state index contributed by atoms with van der Waals surface area (Å²) in [6.45, 7) is 2.27. The van der Waals surface area contributed by atoms with Crippen LogP contribution in [0.3, 0.4) is 0 Å². The highest BCUT2D eigenvalue weighted by atomic mass is 19.2. The molecule has 0 N–H and O–H groups in total. The van der Waals surface area contributed by atoms with Crippen LogP contribution in [0, 0.1) is 17.6 Å². The topological polar surface area (TPSA) is 29.5 Å². The largest absolute Gasteiger partial charge is 0.469 e. The second kappa shape index (κ2) is 6.33. The Balaban J connectivity index is 2.77. The number of ether oxygens (including phenoxy) is 1. The summed E-state index contributed by atoms with van der Waals surface area (Å²) in [7, 11) is 3.06. The van der Waals surface area contributed by atoms with Crippen molar-refractivity contribution in [3.63, 3.8) is 0 Å². The zero-order valence-electron chi connectivity index (χ0n) is 10.7. The van der Waals surface area contributed by atoms with Crippen molar-refractivity contribution in [3.8, 4) is 0 Å². The fourth-order valence-electron chi connectivity index (χ4n) is 1.70. The van der Waals surface area contributed by atoms with Gasteiger partial charge in [0.25, 0.3) is 0 Å². The third-order valence-electron chi connectivity index (χ3n) is 2.87. The molecule has 0 aliphatic rings. The Morgan fingerprint density at radius 1 is 1.39 bits per heavy atom. The summed E-state index contributed by atoms with van der Waals surface area (Å²) in [6.07, 6.45) is 0.626. The molecule has 0 aliphatic carbocycles. The minimum absolute atomic E-state index is 0.284. The second-order valence-electron chi connectivity index (χ2n) is 4.11. The van der Waals surface area contributed by atoms with Gasteiger partial charge in [0, 0.05) is 25.3 Å². The molecule has 0 spiro atoms. The maximum Gasteiger partial charge on any atom is 0.310 e. The molecule has 0 heterocycles. The zero-order valence-corrected chi connectivity index (χ0v) is 10.7. The standard InChI is InChI=1S/C13H17F2NO2/c1-4-9(13(17)18-3)8-16(2)10-5-6-11(14)12(15)7-10/h5-7,9H,4,8H2,1-3H3. The van der Waals surface area contributed by atoms with Crippen LogP contribution in [-0.2, 0) is 9.53 Å². The van der Waals surface area contributed by atoms with Gasteiger partial charge in [-0.1, -0.05) is 6.92 Å². The number of methoxy groups -OCH3 is 1. The second-order valence-corrected chi connectivity index (χ2v) is 4.11. The number of carbonyl (C=O) groups is 1. The van der Waals surface area contributed by atoms with E-state index in [0.29, 0.717) is 18.7 Å². The monoisotopic (exact) mass is 257 g/mol. The van der Waals surface area contributed by atoms with Crippen LogP contribution in [0.25, 0.3) is 0 Å². The highest BCUT2D eigenvalue weighted by molar-refractivity contribution is 5.73. The van der Waals surface area contributed by atoms with E-state index in [1.807, 2.05) is 6.92 Å². The lowest BCUT2D eigenvalue weighted by atomic mass is 10.1. The Labute approximate surface area is 105 Å². The Kier molecular flexibility index (Phi) is 5.07. The molecular weight excluding hydrogens is 240 g/mol. The van der Waals surface area contributed by atoms with Crippen LogP contribution < -0.4 is 4.90 Å². The molecule has 1 atom stereocenters. The first kappa shape index (κ1) is 14.4. The van der Waals surface area contributed by atoms with Crippen molar-refractivity contribution >= 4 is 11.7 Å². The summed E-state index contributed by atoms with van der Waals surface area (Å²) in [5.74, 6) is -2.36. The van der Waals surface area contributed by atoms with E-state index in [0.717, 1.165) is 12.1 Å². The minimum atomic E-state index is -0.898. The number of halogens is 2. The van der Waals surface area contributed by atoms with Gasteiger partial charge in [-0.2, -0.15) is 0 Å². The van der Waals surface area contributed by atoms with E-state index in [4.69, 9.17) is 0 Å². The molecule has 0 radical (unpaired) electrons. The molecule has 0 aromatic heterocycles. The maximum atomic E-state index is 13.1. The molecule has 5 heteroatoms. The van der Waals surface area contributed by atoms with Gasteiger partial charge < -0.3 is 9.64 Å². The number of hydrogen-bond donors (Lipinski definition) is 0. The van der Waals surface area contributed by atoms with Gasteiger partial charge >= 0.3 is 5.97 Å². The molecule has 1 unspecified atom stereocenters. The lowest BCUT2D eigenvalue weighted by Gasteiger charge is -2.23. The van der Waals surface area contributed by atoms with Crippen molar-refractivity contribution in [2.24, 2.45) is 5.92 Å². The van der Waals surface area contributed by atoms with Gasteiger partial charge in [-0.05, 0) is 18.6 Å². The van der Waals surface area contributed by atoms with Crippen molar-refractivity contribution < 1.29 is 18.3 Å². The molecule has 100 valence electrons. The summed E-state index contributed by atoms with van der Waals surface area (Å²) in [6, 6.07) is 3.65. The van der Waals surface area contributed by atoms with Gasteiger partial charge in [0.2, 0.25) is 0 Å². The maximum absolute atomic E-state index is 13.1. The van der Waals surface area contributed by atoms with Gasteiger partial charge in [0.05, 0.1) is 13.0 Å². The molecule has 0 amide bonds. The molecule has 0 saturated carbocycles. The fourth-order valence-corrected chi connectivity index (χ4v) is 1.70. The first-order chi connectivity index (χ1) is 8.49. The van der Waals surface area contributed by atoms with Crippen molar-refractivity contribution in [1.29, 1.82) is 0 Å². The minimum Gasteiger partial charge on any atom is -0.469 e. The summed E-state index contributed by atoms with van der Waals surface area (Å²) in [5, 5.41) is 0. The van der Waals surface area contributed by atoms with E-state index in [-0.39, 0.29) is 11.9 Å². The zero-order chi connectivity index (χ0) is 13.7. The number of nitrogens with zero attached hydrogens (tertiary/aromatic N) is 1. The SMILES string of the molecule is CCC(CN(C)c1ccc(F)c(F)c1)C(=O)OC. The summed E-state index contributed by atoms with van der Waals surface area (Å²) >= 11 is 0. The molecule has 3 nitrogen and oxygen atoms in total. The lowest BCUT2D eigenvalue weighted by Crippen LogP contribution is -2.30. The van der Waals surface area contributed by atoms with Crippen LogP contribution in [0.2, 0.25) is 0 Å². The molecule has 0 fully saturated rings. The van der Waals surface area contributed by atoms with E-state index in [2.05, 4.69) is 4.74 Å². The molecule has 1 aromatic rings. The van der Waals surface area contributed by atoms with Crippen molar-refractivity contribution in [2.75, 3.05) is 25.6 Å². The third kappa shape index (κ3) is 3.42. The van der Waals surface area contributed by atoms with Crippen molar-refractivity contribution in [3.05, 3.63) is 29.8 Å². The van der Waals surface area contributed by atoms with Crippen molar-refractivity contribution in [1.82, 2.24) is 0 Å². The highest BCUT2D eigenvalue weighted by Crippen LogP contribution is 2.19. The van der Waals surface area contributed by atoms with E-state index >= 15 is 0 Å².